The fourth-order valence-electron chi connectivity index (χ4n) is 1.06. The van der Waals surface area contributed by atoms with Crippen LogP contribution in [0.3, 0.4) is 0 Å². The number of furan rings is 1. The molecule has 0 aliphatic carbocycles. The Bertz CT molecular complexity index is 370. The third kappa shape index (κ3) is 4.74. The quantitative estimate of drug-likeness (QED) is 0.824. The van der Waals surface area contributed by atoms with Crippen molar-refractivity contribution < 1.29 is 23.1 Å². The van der Waals surface area contributed by atoms with Gasteiger partial charge < -0.3 is 14.8 Å². The number of thioether (sulfide) groups is 1. The lowest BCUT2D eigenvalue weighted by Gasteiger charge is -2.08. The largest absolute Gasteiger partial charge is 0.455 e. The first-order chi connectivity index (χ1) is 8.02. The number of alkyl halides is 2. The second-order valence-corrected chi connectivity index (χ2v) is 4.37. The molecule has 1 heterocycles. The molecule has 0 spiro atoms. The molecule has 1 aromatic rings. The first-order valence-corrected chi connectivity index (χ1v) is 5.98. The van der Waals surface area contributed by atoms with Crippen molar-refractivity contribution in [1.29, 1.82) is 0 Å². The molecule has 1 aromatic heterocycles. The van der Waals surface area contributed by atoms with E-state index in [9.17, 15) is 13.6 Å². The molecule has 1 atom stereocenters. The predicted molar refractivity (Wildman–Crippen MR) is 60.0 cm³/mol. The smallest absolute Gasteiger partial charge is 0.287 e. The molecule has 17 heavy (non-hydrogen) atoms. The van der Waals surface area contributed by atoms with Crippen molar-refractivity contribution in [2.45, 2.75) is 24.5 Å². The topological polar surface area (TPSA) is 62.5 Å². The zero-order valence-corrected chi connectivity index (χ0v) is 9.97. The van der Waals surface area contributed by atoms with Gasteiger partial charge in [-0.15, -0.1) is 0 Å². The highest BCUT2D eigenvalue weighted by molar-refractivity contribution is 7.98. The predicted octanol–water partition coefficient (Wildman–Crippen LogP) is 1.85. The summed E-state index contributed by atoms with van der Waals surface area (Å²) >= 11 is 0.429. The van der Waals surface area contributed by atoms with Gasteiger partial charge in [0.2, 0.25) is 0 Å². The summed E-state index contributed by atoms with van der Waals surface area (Å²) in [4.78, 5) is 11.5. The van der Waals surface area contributed by atoms with Gasteiger partial charge in [0.25, 0.3) is 11.7 Å². The molecule has 7 heteroatoms. The highest BCUT2D eigenvalue weighted by Gasteiger charge is 2.14. The molecule has 0 aromatic carbocycles. The Kier molecular flexibility index (Phi) is 5.43. The number of hydrogen-bond donors (Lipinski definition) is 2. The minimum absolute atomic E-state index is 0.0144. The Labute approximate surface area is 101 Å². The zero-order valence-electron chi connectivity index (χ0n) is 9.15. The number of carbonyl (C=O) groups excluding carboxylic acids is 1. The molecule has 0 aliphatic rings. The highest BCUT2D eigenvalue weighted by Crippen LogP contribution is 2.21. The van der Waals surface area contributed by atoms with E-state index in [1.54, 1.807) is 6.92 Å². The molecule has 1 rings (SSSR count). The van der Waals surface area contributed by atoms with Gasteiger partial charge in [-0.25, -0.2) is 0 Å². The number of halogens is 2. The molecule has 4 nitrogen and oxygen atoms in total. The van der Waals surface area contributed by atoms with E-state index in [0.717, 1.165) is 0 Å². The summed E-state index contributed by atoms with van der Waals surface area (Å²) in [6.45, 7) is 1.45. The van der Waals surface area contributed by atoms with E-state index in [1.807, 2.05) is 0 Å². The normalized spacial score (nSPS) is 12.8. The SMILES string of the molecule is C[C@H](CO)NC(=O)c1ccc(CSC(F)F)o1. The summed E-state index contributed by atoms with van der Waals surface area (Å²) in [7, 11) is 0. The summed E-state index contributed by atoms with van der Waals surface area (Å²) < 4.78 is 28.9. The maximum atomic E-state index is 11.9. The van der Waals surface area contributed by atoms with Crippen LogP contribution in [0.15, 0.2) is 16.5 Å². The number of rotatable bonds is 6. The summed E-state index contributed by atoms with van der Waals surface area (Å²) in [5, 5.41) is 11.2. The van der Waals surface area contributed by atoms with Crippen LogP contribution in [0.25, 0.3) is 0 Å². The molecular formula is C10H13F2NO3S. The van der Waals surface area contributed by atoms with Crippen molar-refractivity contribution >= 4 is 17.7 Å². The summed E-state index contributed by atoms with van der Waals surface area (Å²) in [6, 6.07) is 2.51. The lowest BCUT2D eigenvalue weighted by molar-refractivity contribution is 0.0893. The molecular weight excluding hydrogens is 252 g/mol. The van der Waals surface area contributed by atoms with E-state index < -0.39 is 11.7 Å². The van der Waals surface area contributed by atoms with Gasteiger partial charge in [0.05, 0.1) is 12.4 Å². The van der Waals surface area contributed by atoms with Crippen LogP contribution in [0, 0.1) is 0 Å². The van der Waals surface area contributed by atoms with Crippen molar-refractivity contribution in [3.63, 3.8) is 0 Å². The van der Waals surface area contributed by atoms with E-state index in [4.69, 9.17) is 9.52 Å². The Morgan fingerprint density at radius 2 is 2.29 bits per heavy atom. The Balaban J connectivity index is 2.52. The lowest BCUT2D eigenvalue weighted by Crippen LogP contribution is -2.34. The van der Waals surface area contributed by atoms with Crippen LogP contribution in [0.4, 0.5) is 8.78 Å². The molecule has 96 valence electrons. The maximum absolute atomic E-state index is 11.9. The number of hydrogen-bond acceptors (Lipinski definition) is 4. The fraction of sp³-hybridized carbons (Fsp3) is 0.500. The lowest BCUT2D eigenvalue weighted by atomic mass is 10.3. The van der Waals surface area contributed by atoms with Gasteiger partial charge in [0.1, 0.15) is 5.76 Å². The van der Waals surface area contributed by atoms with E-state index in [-0.39, 0.29) is 24.2 Å². The van der Waals surface area contributed by atoms with Gasteiger partial charge in [-0.3, -0.25) is 4.79 Å². The van der Waals surface area contributed by atoms with Crippen LogP contribution >= 0.6 is 11.8 Å². The molecule has 0 saturated heterocycles. The van der Waals surface area contributed by atoms with Gasteiger partial charge in [0, 0.05) is 6.04 Å². The van der Waals surface area contributed by atoms with Gasteiger partial charge in [-0.05, 0) is 19.1 Å². The molecule has 2 N–H and O–H groups in total. The second-order valence-electron chi connectivity index (χ2n) is 3.39. The maximum Gasteiger partial charge on any atom is 0.287 e. The molecule has 0 unspecified atom stereocenters. The van der Waals surface area contributed by atoms with E-state index >= 15 is 0 Å². The highest BCUT2D eigenvalue weighted by atomic mass is 32.2. The summed E-state index contributed by atoms with van der Waals surface area (Å²) in [5.74, 6) is -2.56. The van der Waals surface area contributed by atoms with Crippen LogP contribution < -0.4 is 5.32 Å². The second kappa shape index (κ2) is 6.61. The van der Waals surface area contributed by atoms with Gasteiger partial charge in [-0.2, -0.15) is 8.78 Å². The minimum Gasteiger partial charge on any atom is -0.455 e. The molecule has 0 bridgehead atoms. The van der Waals surface area contributed by atoms with Gasteiger partial charge in [0.15, 0.2) is 5.76 Å². The number of amides is 1. The molecule has 0 aliphatic heterocycles. The van der Waals surface area contributed by atoms with E-state index in [2.05, 4.69) is 5.32 Å². The van der Waals surface area contributed by atoms with Crippen molar-refractivity contribution in [3.8, 4) is 0 Å². The Hall–Kier alpha value is -1.08. The third-order valence-corrected chi connectivity index (χ3v) is 2.59. The average Bonchev–Trinajstić information content (AvgIpc) is 2.74. The summed E-state index contributed by atoms with van der Waals surface area (Å²) in [6.07, 6.45) is 0. The Morgan fingerprint density at radius 1 is 1.59 bits per heavy atom. The number of carbonyl (C=O) groups is 1. The number of aliphatic hydroxyl groups is 1. The van der Waals surface area contributed by atoms with Crippen LogP contribution in [-0.4, -0.2) is 29.4 Å². The number of aliphatic hydroxyl groups excluding tert-OH is 1. The summed E-state index contributed by atoms with van der Waals surface area (Å²) in [5.41, 5.74) is 0. The first-order valence-electron chi connectivity index (χ1n) is 4.93. The van der Waals surface area contributed by atoms with Crippen molar-refractivity contribution in [3.05, 3.63) is 23.7 Å². The van der Waals surface area contributed by atoms with Crippen LogP contribution in [0.2, 0.25) is 0 Å². The van der Waals surface area contributed by atoms with Gasteiger partial charge >= 0.3 is 0 Å². The van der Waals surface area contributed by atoms with Crippen molar-refractivity contribution in [2.24, 2.45) is 0 Å². The molecule has 0 saturated carbocycles. The molecule has 1 amide bonds. The molecule has 0 fully saturated rings. The molecule has 0 radical (unpaired) electrons. The fourth-order valence-corrected chi connectivity index (χ4v) is 1.51. The van der Waals surface area contributed by atoms with E-state index in [1.165, 1.54) is 12.1 Å². The monoisotopic (exact) mass is 265 g/mol. The third-order valence-electron chi connectivity index (χ3n) is 1.89. The van der Waals surface area contributed by atoms with E-state index in [0.29, 0.717) is 17.5 Å². The average molecular weight is 265 g/mol. The standard InChI is InChI=1S/C10H13F2NO3S/c1-6(4-14)13-9(15)8-3-2-7(16-8)5-17-10(11)12/h2-3,6,10,14H,4-5H2,1H3,(H,13,15)/t6-/m1/s1. The number of nitrogens with one attached hydrogen (secondary N) is 1. The zero-order chi connectivity index (χ0) is 12.8. The van der Waals surface area contributed by atoms with Crippen LogP contribution in [0.5, 0.6) is 0 Å². The minimum atomic E-state index is -2.47. The van der Waals surface area contributed by atoms with Crippen molar-refractivity contribution in [1.82, 2.24) is 5.32 Å². The van der Waals surface area contributed by atoms with Crippen LogP contribution in [0.1, 0.15) is 23.2 Å². The Morgan fingerprint density at radius 3 is 2.88 bits per heavy atom. The first kappa shape index (κ1) is 14.0. The van der Waals surface area contributed by atoms with Crippen LogP contribution in [-0.2, 0) is 5.75 Å². The van der Waals surface area contributed by atoms with Gasteiger partial charge in [-0.1, -0.05) is 11.8 Å². The van der Waals surface area contributed by atoms with Crippen molar-refractivity contribution in [2.75, 3.05) is 6.61 Å².